The first-order valence-electron chi connectivity index (χ1n) is 4.89. The van der Waals surface area contributed by atoms with Gasteiger partial charge in [0.2, 0.25) is 5.91 Å². The van der Waals surface area contributed by atoms with Crippen LogP contribution in [0.2, 0.25) is 0 Å². The Morgan fingerprint density at radius 3 is 2.53 bits per heavy atom. The summed E-state index contributed by atoms with van der Waals surface area (Å²) in [5, 5.41) is 10.5. The molecule has 6 heteroatoms. The highest BCUT2D eigenvalue weighted by molar-refractivity contribution is 8.01. The maximum Gasteiger partial charge on any atom is 0.316 e. The van der Waals surface area contributed by atoms with Crippen molar-refractivity contribution in [2.75, 3.05) is 11.1 Å². The first-order valence-corrected chi connectivity index (χ1v) is 5.93. The van der Waals surface area contributed by atoms with Crippen LogP contribution in [0.3, 0.4) is 0 Å². The second kappa shape index (κ2) is 6.24. The van der Waals surface area contributed by atoms with Crippen LogP contribution in [0, 0.1) is 5.82 Å². The Kier molecular flexibility index (Phi) is 4.96. The first-order chi connectivity index (χ1) is 7.99. The quantitative estimate of drug-likeness (QED) is 0.846. The second-order valence-electron chi connectivity index (χ2n) is 3.35. The summed E-state index contributed by atoms with van der Waals surface area (Å²) in [5.74, 6) is -1.60. The molecule has 1 amide bonds. The molecule has 0 aliphatic carbocycles. The zero-order valence-corrected chi connectivity index (χ0v) is 9.96. The highest BCUT2D eigenvalue weighted by Crippen LogP contribution is 2.12. The Bertz CT molecular complexity index is 408. The van der Waals surface area contributed by atoms with Crippen molar-refractivity contribution >= 4 is 29.3 Å². The van der Waals surface area contributed by atoms with Crippen LogP contribution in [0.1, 0.15) is 6.92 Å². The second-order valence-corrected chi connectivity index (χ2v) is 4.68. The molecule has 0 saturated carbocycles. The minimum absolute atomic E-state index is 0.0465. The summed E-state index contributed by atoms with van der Waals surface area (Å²) in [7, 11) is 0. The van der Waals surface area contributed by atoms with Crippen molar-refractivity contribution in [2.24, 2.45) is 0 Å². The molecule has 1 unspecified atom stereocenters. The molecular formula is C11H12FNO3S. The number of carbonyl (C=O) groups excluding carboxylic acids is 1. The Morgan fingerprint density at radius 2 is 2.00 bits per heavy atom. The summed E-state index contributed by atoms with van der Waals surface area (Å²) >= 11 is 1.03. The van der Waals surface area contributed by atoms with E-state index in [1.165, 1.54) is 31.2 Å². The topological polar surface area (TPSA) is 66.4 Å². The monoisotopic (exact) mass is 257 g/mol. The van der Waals surface area contributed by atoms with Gasteiger partial charge in [0.25, 0.3) is 0 Å². The van der Waals surface area contributed by atoms with Gasteiger partial charge >= 0.3 is 5.97 Å². The largest absolute Gasteiger partial charge is 0.480 e. The van der Waals surface area contributed by atoms with Gasteiger partial charge in [-0.25, -0.2) is 4.39 Å². The van der Waals surface area contributed by atoms with Gasteiger partial charge < -0.3 is 10.4 Å². The Labute approximate surface area is 102 Å². The van der Waals surface area contributed by atoms with Gasteiger partial charge in [0.15, 0.2) is 0 Å². The molecule has 0 bridgehead atoms. The zero-order chi connectivity index (χ0) is 12.8. The maximum atomic E-state index is 12.6. The van der Waals surface area contributed by atoms with Gasteiger partial charge in [-0.1, -0.05) is 0 Å². The molecular weight excluding hydrogens is 245 g/mol. The van der Waals surface area contributed by atoms with Gasteiger partial charge in [-0.15, -0.1) is 11.8 Å². The molecule has 0 heterocycles. The van der Waals surface area contributed by atoms with Gasteiger partial charge in [-0.2, -0.15) is 0 Å². The van der Waals surface area contributed by atoms with Gasteiger partial charge in [0.1, 0.15) is 5.82 Å². The third kappa shape index (κ3) is 4.86. The zero-order valence-electron chi connectivity index (χ0n) is 9.14. The summed E-state index contributed by atoms with van der Waals surface area (Å²) in [6.07, 6.45) is 0. The predicted molar refractivity (Wildman–Crippen MR) is 64.6 cm³/mol. The third-order valence-electron chi connectivity index (χ3n) is 1.94. The highest BCUT2D eigenvalue weighted by atomic mass is 32.2. The van der Waals surface area contributed by atoms with E-state index >= 15 is 0 Å². The fourth-order valence-corrected chi connectivity index (χ4v) is 1.62. The number of halogens is 1. The van der Waals surface area contributed by atoms with Gasteiger partial charge in [-0.3, -0.25) is 9.59 Å². The lowest BCUT2D eigenvalue weighted by Crippen LogP contribution is -2.19. The third-order valence-corrected chi connectivity index (χ3v) is 3.07. The van der Waals surface area contributed by atoms with E-state index < -0.39 is 11.2 Å². The van der Waals surface area contributed by atoms with E-state index in [0.29, 0.717) is 5.69 Å². The fourth-order valence-electron chi connectivity index (χ4n) is 1.00. The molecule has 1 aromatic carbocycles. The van der Waals surface area contributed by atoms with Crippen molar-refractivity contribution in [1.29, 1.82) is 0 Å². The van der Waals surface area contributed by atoms with Crippen molar-refractivity contribution in [3.8, 4) is 0 Å². The standard InChI is InChI=1S/C11H12FNO3S/c1-7(11(15)16)17-6-10(14)13-9-4-2-8(12)3-5-9/h2-5,7H,6H2,1H3,(H,13,14)(H,15,16). The summed E-state index contributed by atoms with van der Waals surface area (Å²) in [6.45, 7) is 1.51. The van der Waals surface area contributed by atoms with Gasteiger partial charge in [-0.05, 0) is 31.2 Å². The number of anilines is 1. The average molecular weight is 257 g/mol. The molecule has 0 aliphatic rings. The number of thioether (sulfide) groups is 1. The van der Waals surface area contributed by atoms with Crippen LogP contribution in [-0.2, 0) is 9.59 Å². The van der Waals surface area contributed by atoms with E-state index in [1.54, 1.807) is 0 Å². The average Bonchev–Trinajstić information content (AvgIpc) is 2.29. The number of carboxylic acids is 1. The van der Waals surface area contributed by atoms with E-state index in [2.05, 4.69) is 5.32 Å². The van der Waals surface area contributed by atoms with E-state index in [1.807, 2.05) is 0 Å². The van der Waals surface area contributed by atoms with Crippen molar-refractivity contribution in [3.63, 3.8) is 0 Å². The summed E-state index contributed by atoms with van der Waals surface area (Å²) in [6, 6.07) is 5.36. The number of hydrogen-bond acceptors (Lipinski definition) is 3. The Hall–Kier alpha value is -1.56. The smallest absolute Gasteiger partial charge is 0.316 e. The minimum atomic E-state index is -0.954. The number of benzene rings is 1. The molecule has 1 atom stereocenters. The number of carbonyl (C=O) groups is 2. The van der Waals surface area contributed by atoms with Crippen molar-refractivity contribution < 1.29 is 19.1 Å². The van der Waals surface area contributed by atoms with E-state index in [4.69, 9.17) is 5.11 Å². The molecule has 17 heavy (non-hydrogen) atoms. The molecule has 2 N–H and O–H groups in total. The van der Waals surface area contributed by atoms with Gasteiger partial charge in [0.05, 0.1) is 11.0 Å². The molecule has 1 rings (SSSR count). The molecule has 0 aromatic heterocycles. The number of rotatable bonds is 5. The van der Waals surface area contributed by atoms with Crippen LogP contribution in [0.15, 0.2) is 24.3 Å². The van der Waals surface area contributed by atoms with Crippen LogP contribution >= 0.6 is 11.8 Å². The lowest BCUT2D eigenvalue weighted by Gasteiger charge is -2.07. The van der Waals surface area contributed by atoms with E-state index in [9.17, 15) is 14.0 Å². The molecule has 0 radical (unpaired) electrons. The van der Waals surface area contributed by atoms with Gasteiger partial charge in [0, 0.05) is 5.69 Å². The van der Waals surface area contributed by atoms with E-state index in [0.717, 1.165) is 11.8 Å². The molecule has 1 aromatic rings. The molecule has 0 spiro atoms. The number of hydrogen-bond donors (Lipinski definition) is 2. The lowest BCUT2D eigenvalue weighted by molar-refractivity contribution is -0.136. The normalized spacial score (nSPS) is 11.9. The molecule has 0 fully saturated rings. The molecule has 0 saturated heterocycles. The molecule has 92 valence electrons. The lowest BCUT2D eigenvalue weighted by atomic mass is 10.3. The van der Waals surface area contributed by atoms with Crippen LogP contribution in [0.25, 0.3) is 0 Å². The number of carboxylic acid groups (broad SMARTS) is 1. The highest BCUT2D eigenvalue weighted by Gasteiger charge is 2.13. The molecule has 4 nitrogen and oxygen atoms in total. The van der Waals surface area contributed by atoms with Crippen LogP contribution in [0.5, 0.6) is 0 Å². The summed E-state index contributed by atoms with van der Waals surface area (Å²) < 4.78 is 12.6. The van der Waals surface area contributed by atoms with E-state index in [-0.39, 0.29) is 17.5 Å². The summed E-state index contributed by atoms with van der Waals surface area (Å²) in [5.41, 5.74) is 0.486. The minimum Gasteiger partial charge on any atom is -0.480 e. The van der Waals surface area contributed by atoms with Crippen LogP contribution < -0.4 is 5.32 Å². The van der Waals surface area contributed by atoms with Crippen molar-refractivity contribution in [1.82, 2.24) is 0 Å². The van der Waals surface area contributed by atoms with Crippen molar-refractivity contribution in [2.45, 2.75) is 12.2 Å². The summed E-state index contributed by atoms with van der Waals surface area (Å²) in [4.78, 5) is 21.9. The SMILES string of the molecule is CC(SCC(=O)Nc1ccc(F)cc1)C(=O)O. The number of amides is 1. The van der Waals surface area contributed by atoms with Crippen LogP contribution in [0.4, 0.5) is 10.1 Å². The molecule has 0 aliphatic heterocycles. The van der Waals surface area contributed by atoms with Crippen LogP contribution in [-0.4, -0.2) is 28.0 Å². The number of nitrogens with one attached hydrogen (secondary N) is 1. The predicted octanol–water partition coefficient (Wildman–Crippen LogP) is 1.97. The Morgan fingerprint density at radius 1 is 1.41 bits per heavy atom. The fraction of sp³-hybridized carbons (Fsp3) is 0.273. The van der Waals surface area contributed by atoms with Crippen molar-refractivity contribution in [3.05, 3.63) is 30.1 Å². The Balaban J connectivity index is 2.39. The first kappa shape index (κ1) is 13.5. The number of aliphatic carboxylic acids is 1. The maximum absolute atomic E-state index is 12.6.